The van der Waals surface area contributed by atoms with Gasteiger partial charge in [0.25, 0.3) is 0 Å². The molecule has 144 valence electrons. The largest absolute Gasteiger partial charge is 0.353 e. The summed E-state index contributed by atoms with van der Waals surface area (Å²) >= 11 is 0. The van der Waals surface area contributed by atoms with Gasteiger partial charge in [0.1, 0.15) is 0 Å². The number of nitrogens with two attached hydrogens (primary N) is 1. The van der Waals surface area contributed by atoms with Crippen molar-refractivity contribution < 1.29 is 4.79 Å². The van der Waals surface area contributed by atoms with E-state index in [9.17, 15) is 4.79 Å². The molecule has 1 aliphatic heterocycles. The maximum atomic E-state index is 12.5. The van der Waals surface area contributed by atoms with Gasteiger partial charge in [-0.25, -0.2) is 0 Å². The zero-order valence-electron chi connectivity index (χ0n) is 15.3. The number of carbonyl (C=O) groups is 1. The number of benzene rings is 1. The maximum absolute atomic E-state index is 12.5. The molecule has 0 spiro atoms. The molecule has 2 unspecified atom stereocenters. The lowest BCUT2D eigenvalue weighted by Crippen LogP contribution is -2.47. The minimum Gasteiger partial charge on any atom is -0.353 e. The zero-order valence-corrected chi connectivity index (χ0v) is 17.0. The molecule has 0 aliphatic carbocycles. The molecule has 1 saturated heterocycles. The summed E-state index contributed by atoms with van der Waals surface area (Å²) in [7, 11) is 0. The van der Waals surface area contributed by atoms with Crippen LogP contribution in [0.1, 0.15) is 51.1 Å². The molecule has 0 aromatic heterocycles. The van der Waals surface area contributed by atoms with Crippen LogP contribution in [0, 0.1) is 5.92 Å². The minimum atomic E-state index is -0.249. The number of nitrogens with zero attached hydrogens (tertiary/aromatic N) is 1. The second-order valence-electron chi connectivity index (χ2n) is 6.70. The van der Waals surface area contributed by atoms with Crippen molar-refractivity contribution in [2.45, 2.75) is 51.6 Å². The Balaban J connectivity index is 0.00000288. The Bertz CT molecular complexity index is 479. The Morgan fingerprint density at radius 1 is 1.24 bits per heavy atom. The van der Waals surface area contributed by atoms with E-state index in [0.29, 0.717) is 6.04 Å². The van der Waals surface area contributed by atoms with Crippen molar-refractivity contribution in [3.05, 3.63) is 35.9 Å². The van der Waals surface area contributed by atoms with Crippen LogP contribution in [-0.2, 0) is 4.79 Å². The molecular weight excluding hydrogens is 357 g/mol. The summed E-state index contributed by atoms with van der Waals surface area (Å²) in [5, 5.41) is 3.20. The van der Waals surface area contributed by atoms with Crippen molar-refractivity contribution >= 4 is 30.7 Å². The van der Waals surface area contributed by atoms with Gasteiger partial charge < -0.3 is 16.0 Å². The molecule has 1 aromatic rings. The van der Waals surface area contributed by atoms with Crippen LogP contribution in [0.4, 0.5) is 0 Å². The van der Waals surface area contributed by atoms with Crippen molar-refractivity contribution in [1.82, 2.24) is 10.2 Å². The number of halogens is 2. The summed E-state index contributed by atoms with van der Waals surface area (Å²) in [6.45, 7) is 7.51. The van der Waals surface area contributed by atoms with Gasteiger partial charge in [0.15, 0.2) is 0 Å². The maximum Gasteiger partial charge on any atom is 0.224 e. The molecule has 2 atom stereocenters. The van der Waals surface area contributed by atoms with Crippen molar-refractivity contribution in [3.8, 4) is 0 Å². The predicted octanol–water partition coefficient (Wildman–Crippen LogP) is 3.55. The van der Waals surface area contributed by atoms with Gasteiger partial charge in [-0.1, -0.05) is 50.6 Å². The number of piperidine rings is 1. The molecule has 4 nitrogen and oxygen atoms in total. The first-order valence-electron chi connectivity index (χ1n) is 8.95. The van der Waals surface area contributed by atoms with E-state index in [0.717, 1.165) is 31.5 Å². The lowest BCUT2D eigenvalue weighted by molar-refractivity contribution is -0.126. The Kier molecular flexibility index (Phi) is 12.1. The topological polar surface area (TPSA) is 58.4 Å². The van der Waals surface area contributed by atoms with E-state index in [-0.39, 0.29) is 42.7 Å². The van der Waals surface area contributed by atoms with Crippen molar-refractivity contribution in [2.75, 3.05) is 19.6 Å². The van der Waals surface area contributed by atoms with Crippen molar-refractivity contribution in [2.24, 2.45) is 11.7 Å². The van der Waals surface area contributed by atoms with Crippen LogP contribution >= 0.6 is 24.8 Å². The molecule has 25 heavy (non-hydrogen) atoms. The second kappa shape index (κ2) is 12.5. The van der Waals surface area contributed by atoms with Crippen LogP contribution in [-0.4, -0.2) is 36.5 Å². The van der Waals surface area contributed by atoms with Crippen LogP contribution in [0.15, 0.2) is 30.3 Å². The Morgan fingerprint density at radius 3 is 2.40 bits per heavy atom. The van der Waals surface area contributed by atoms with E-state index in [1.54, 1.807) is 0 Å². The van der Waals surface area contributed by atoms with Crippen LogP contribution in [0.5, 0.6) is 0 Å². The molecule has 0 saturated carbocycles. The summed E-state index contributed by atoms with van der Waals surface area (Å²) in [4.78, 5) is 15.0. The van der Waals surface area contributed by atoms with Crippen molar-refractivity contribution in [1.29, 1.82) is 0 Å². The predicted molar refractivity (Wildman–Crippen MR) is 110 cm³/mol. The van der Waals surface area contributed by atoms with Crippen molar-refractivity contribution in [3.63, 3.8) is 0 Å². The number of amides is 1. The lowest BCUT2D eigenvalue weighted by Gasteiger charge is -2.33. The van der Waals surface area contributed by atoms with Gasteiger partial charge in [0.2, 0.25) is 5.91 Å². The molecule has 0 radical (unpaired) electrons. The van der Waals surface area contributed by atoms with Gasteiger partial charge >= 0.3 is 0 Å². The molecule has 1 heterocycles. The lowest BCUT2D eigenvalue weighted by atomic mass is 9.94. The fourth-order valence-corrected chi connectivity index (χ4v) is 3.14. The monoisotopic (exact) mass is 389 g/mol. The Labute approximate surface area is 164 Å². The van der Waals surface area contributed by atoms with E-state index in [1.807, 2.05) is 37.3 Å². The third-order valence-electron chi connectivity index (χ3n) is 4.90. The molecule has 1 amide bonds. The number of hydrogen-bond donors (Lipinski definition) is 2. The fraction of sp³-hybridized carbons (Fsp3) is 0.632. The highest BCUT2D eigenvalue weighted by molar-refractivity contribution is 5.85. The molecule has 1 aliphatic rings. The molecule has 1 fully saturated rings. The highest BCUT2D eigenvalue weighted by Crippen LogP contribution is 2.20. The molecular formula is C19H33Cl2N3O. The van der Waals surface area contributed by atoms with E-state index in [1.165, 1.54) is 19.4 Å². The zero-order chi connectivity index (χ0) is 16.7. The first kappa shape index (κ1) is 24.2. The van der Waals surface area contributed by atoms with E-state index in [2.05, 4.69) is 17.1 Å². The summed E-state index contributed by atoms with van der Waals surface area (Å²) < 4.78 is 0. The fourth-order valence-electron chi connectivity index (χ4n) is 3.14. The first-order chi connectivity index (χ1) is 11.1. The van der Waals surface area contributed by atoms with Crippen LogP contribution in [0.2, 0.25) is 0 Å². The molecule has 3 N–H and O–H groups in total. The number of unbranched alkanes of at least 4 members (excludes halogenated alkanes) is 1. The highest BCUT2D eigenvalue weighted by atomic mass is 35.5. The van der Waals surface area contributed by atoms with Gasteiger partial charge in [-0.05, 0) is 31.4 Å². The Hall–Kier alpha value is -0.810. The number of nitrogens with one attached hydrogen (secondary N) is 1. The van der Waals surface area contributed by atoms with Crippen LogP contribution in [0.25, 0.3) is 0 Å². The quantitative estimate of drug-likeness (QED) is 0.749. The number of likely N-dealkylation sites (tertiary alicyclic amines) is 1. The molecule has 6 heteroatoms. The minimum absolute atomic E-state index is 0. The Morgan fingerprint density at radius 2 is 1.84 bits per heavy atom. The summed E-state index contributed by atoms with van der Waals surface area (Å²) in [5.74, 6) is -0.135. The normalized spacial score (nSPS) is 17.7. The summed E-state index contributed by atoms with van der Waals surface area (Å²) in [6.07, 6.45) is 4.59. The second-order valence-corrected chi connectivity index (χ2v) is 6.70. The molecule has 2 rings (SSSR count). The first-order valence-corrected chi connectivity index (χ1v) is 8.95. The van der Waals surface area contributed by atoms with Gasteiger partial charge in [-0.15, -0.1) is 24.8 Å². The van der Waals surface area contributed by atoms with E-state index >= 15 is 0 Å². The van der Waals surface area contributed by atoms with Gasteiger partial charge in [0.05, 0.1) is 5.92 Å². The summed E-state index contributed by atoms with van der Waals surface area (Å²) in [6, 6.07) is 9.92. The van der Waals surface area contributed by atoms with Gasteiger partial charge in [-0.3, -0.25) is 4.79 Å². The van der Waals surface area contributed by atoms with E-state index in [4.69, 9.17) is 5.73 Å². The highest BCUT2D eigenvalue weighted by Gasteiger charge is 2.26. The van der Waals surface area contributed by atoms with Crippen LogP contribution in [0.3, 0.4) is 0 Å². The number of carbonyl (C=O) groups excluding carboxylic acids is 1. The third-order valence-corrected chi connectivity index (χ3v) is 4.90. The third kappa shape index (κ3) is 7.53. The smallest absolute Gasteiger partial charge is 0.224 e. The van der Waals surface area contributed by atoms with Gasteiger partial charge in [-0.2, -0.15) is 0 Å². The number of rotatable bonds is 7. The average Bonchev–Trinajstić information content (AvgIpc) is 2.60. The van der Waals surface area contributed by atoms with Crippen LogP contribution < -0.4 is 11.1 Å². The average molecular weight is 390 g/mol. The standard InChI is InChI=1S/C19H31N3O.2ClH/c1-3-4-12-22-13-10-17(11-14-22)21-19(23)15(2)18(20)16-8-6-5-7-9-16;;/h5-9,15,17-18H,3-4,10-14,20H2,1-2H3,(H,21,23);2*1H. The molecule has 0 bridgehead atoms. The van der Waals surface area contributed by atoms with Gasteiger partial charge in [0, 0.05) is 25.2 Å². The van der Waals surface area contributed by atoms with E-state index < -0.39 is 0 Å². The number of hydrogen-bond acceptors (Lipinski definition) is 3. The SMILES string of the molecule is CCCCN1CCC(NC(=O)C(C)C(N)c2ccccc2)CC1.Cl.Cl. The molecule has 1 aromatic carbocycles. The summed E-state index contributed by atoms with van der Waals surface area (Å²) in [5.41, 5.74) is 7.27.